The molecule has 2 aromatic rings. The van der Waals surface area contributed by atoms with Crippen LogP contribution in [0.1, 0.15) is 18.2 Å². The second-order valence-electron chi connectivity index (χ2n) is 4.26. The summed E-state index contributed by atoms with van der Waals surface area (Å²) in [6.45, 7) is 3.69. The van der Waals surface area contributed by atoms with E-state index in [-0.39, 0.29) is 9.77 Å². The third-order valence-electron chi connectivity index (χ3n) is 3.01. The van der Waals surface area contributed by atoms with E-state index >= 15 is 0 Å². The highest BCUT2D eigenvalue weighted by atomic mass is 32.3. The van der Waals surface area contributed by atoms with Crippen LogP contribution < -0.4 is 5.56 Å². The van der Waals surface area contributed by atoms with Crippen LogP contribution in [0.2, 0.25) is 0 Å². The second-order valence-corrected chi connectivity index (χ2v) is 7.28. The lowest BCUT2D eigenvalue weighted by Gasteiger charge is -2.05. The highest BCUT2D eigenvalue weighted by Crippen LogP contribution is 2.32. The Labute approximate surface area is 121 Å². The van der Waals surface area contributed by atoms with Crippen molar-refractivity contribution in [2.24, 2.45) is 0 Å². The van der Waals surface area contributed by atoms with Crippen LogP contribution in [0, 0.1) is 6.92 Å². The van der Waals surface area contributed by atoms with Crippen LogP contribution in [0.25, 0.3) is 10.4 Å². The molecular weight excluding hydrogens is 298 g/mol. The summed E-state index contributed by atoms with van der Waals surface area (Å²) in [6.07, 6.45) is 0.622. The van der Waals surface area contributed by atoms with Crippen molar-refractivity contribution in [3.05, 3.63) is 39.8 Å². The van der Waals surface area contributed by atoms with Crippen LogP contribution >= 0.6 is 11.3 Å². The van der Waals surface area contributed by atoms with Crippen molar-refractivity contribution in [2.75, 3.05) is 7.11 Å². The summed E-state index contributed by atoms with van der Waals surface area (Å²) in [5.74, 6) is 0. The molecule has 0 aliphatic rings. The van der Waals surface area contributed by atoms with Gasteiger partial charge in [0.1, 0.15) is 4.21 Å². The Kier molecular flexibility index (Phi) is 4.12. The largest absolute Gasteiger partial charge is 0.326 e. The molecule has 0 amide bonds. The molecule has 2 rings (SSSR count). The van der Waals surface area contributed by atoms with Gasteiger partial charge in [0.2, 0.25) is 0 Å². The Bertz CT molecular complexity index is 787. The van der Waals surface area contributed by atoms with Gasteiger partial charge in [-0.25, -0.2) is 0 Å². The Morgan fingerprint density at radius 1 is 1.35 bits per heavy atom. The average molecular weight is 313 g/mol. The van der Waals surface area contributed by atoms with Crippen molar-refractivity contribution in [3.63, 3.8) is 0 Å². The van der Waals surface area contributed by atoms with E-state index in [1.807, 2.05) is 13.0 Å². The van der Waals surface area contributed by atoms with Crippen molar-refractivity contribution < 1.29 is 12.6 Å². The number of aryl methyl sites for hydroxylation is 2. The lowest BCUT2D eigenvalue weighted by Crippen LogP contribution is -2.13. The van der Waals surface area contributed by atoms with Crippen LogP contribution in [0.3, 0.4) is 0 Å². The molecule has 108 valence electrons. The van der Waals surface area contributed by atoms with Gasteiger partial charge in [0.05, 0.1) is 7.11 Å². The van der Waals surface area contributed by atoms with Gasteiger partial charge in [-0.05, 0) is 31.5 Å². The van der Waals surface area contributed by atoms with Crippen molar-refractivity contribution >= 4 is 21.5 Å². The van der Waals surface area contributed by atoms with Gasteiger partial charge in [-0.3, -0.25) is 8.98 Å². The van der Waals surface area contributed by atoms with E-state index in [2.05, 4.69) is 9.17 Å². The molecular formula is C13H15NO4S2. The number of hydrogen-bond donors (Lipinski definition) is 1. The molecule has 2 aromatic heterocycles. The number of nitrogens with one attached hydrogen (secondary N) is 1. The SMILES string of the molecule is CCc1cc(-c2ccc(S(=O)(=O)OC)s2)c(C)[nH]c1=O. The monoisotopic (exact) mass is 313 g/mol. The first-order valence-corrected chi connectivity index (χ1v) is 8.25. The number of rotatable bonds is 4. The van der Waals surface area contributed by atoms with Crippen LogP contribution in [0.4, 0.5) is 0 Å². The summed E-state index contributed by atoms with van der Waals surface area (Å²) in [4.78, 5) is 15.3. The van der Waals surface area contributed by atoms with Gasteiger partial charge in [0.15, 0.2) is 0 Å². The maximum atomic E-state index is 11.7. The molecule has 7 heteroatoms. The summed E-state index contributed by atoms with van der Waals surface area (Å²) in [7, 11) is -2.54. The first-order chi connectivity index (χ1) is 9.39. The smallest absolute Gasteiger partial charge is 0.306 e. The molecule has 0 aliphatic heterocycles. The molecule has 0 bridgehead atoms. The van der Waals surface area contributed by atoms with Crippen LogP contribution in [-0.4, -0.2) is 20.5 Å². The quantitative estimate of drug-likeness (QED) is 0.879. The number of H-pyrrole nitrogens is 1. The first kappa shape index (κ1) is 15.0. The number of thiophene rings is 1. The maximum Gasteiger partial charge on any atom is 0.306 e. The fraction of sp³-hybridized carbons (Fsp3) is 0.308. The third kappa shape index (κ3) is 2.70. The van der Waals surface area contributed by atoms with E-state index in [0.717, 1.165) is 34.6 Å². The third-order valence-corrected chi connectivity index (χ3v) is 5.85. The van der Waals surface area contributed by atoms with Crippen LogP contribution in [0.15, 0.2) is 27.2 Å². The highest BCUT2D eigenvalue weighted by molar-refractivity contribution is 7.89. The molecule has 0 saturated carbocycles. The van der Waals surface area contributed by atoms with Gasteiger partial charge < -0.3 is 4.98 Å². The minimum Gasteiger partial charge on any atom is -0.326 e. The van der Waals surface area contributed by atoms with Crippen molar-refractivity contribution in [1.82, 2.24) is 4.98 Å². The average Bonchev–Trinajstić information content (AvgIpc) is 2.89. The van der Waals surface area contributed by atoms with E-state index in [4.69, 9.17) is 0 Å². The molecule has 0 spiro atoms. The Morgan fingerprint density at radius 2 is 2.05 bits per heavy atom. The minimum atomic E-state index is -3.68. The van der Waals surface area contributed by atoms with E-state index in [1.54, 1.807) is 13.0 Å². The summed E-state index contributed by atoms with van der Waals surface area (Å²) in [5, 5.41) is 0. The van der Waals surface area contributed by atoms with E-state index in [1.165, 1.54) is 6.07 Å². The molecule has 0 aromatic carbocycles. The number of pyridine rings is 1. The molecule has 1 N–H and O–H groups in total. The molecule has 2 heterocycles. The van der Waals surface area contributed by atoms with Crippen LogP contribution in [0.5, 0.6) is 0 Å². The molecule has 0 unspecified atom stereocenters. The molecule has 0 saturated heterocycles. The van der Waals surface area contributed by atoms with Crippen molar-refractivity contribution in [3.8, 4) is 10.4 Å². The normalized spacial score (nSPS) is 11.8. The lowest BCUT2D eigenvalue weighted by atomic mass is 10.1. The molecule has 5 nitrogen and oxygen atoms in total. The van der Waals surface area contributed by atoms with Gasteiger partial charge >= 0.3 is 10.1 Å². The summed E-state index contributed by atoms with van der Waals surface area (Å²) in [5.41, 5.74) is 2.13. The Balaban J connectivity index is 2.56. The molecule has 20 heavy (non-hydrogen) atoms. The van der Waals surface area contributed by atoms with Gasteiger partial charge in [-0.15, -0.1) is 11.3 Å². The van der Waals surface area contributed by atoms with Crippen molar-refractivity contribution in [2.45, 2.75) is 24.5 Å². The zero-order chi connectivity index (χ0) is 14.9. The zero-order valence-electron chi connectivity index (χ0n) is 11.4. The number of aromatic amines is 1. The predicted molar refractivity (Wildman–Crippen MR) is 78.7 cm³/mol. The van der Waals surface area contributed by atoms with Gasteiger partial charge in [-0.1, -0.05) is 6.92 Å². The lowest BCUT2D eigenvalue weighted by molar-refractivity contribution is 0.399. The maximum absolute atomic E-state index is 11.7. The second kappa shape index (κ2) is 5.51. The Morgan fingerprint density at radius 3 is 2.65 bits per heavy atom. The van der Waals surface area contributed by atoms with E-state index in [0.29, 0.717) is 12.0 Å². The molecule has 0 aliphatic carbocycles. The van der Waals surface area contributed by atoms with Gasteiger partial charge in [0, 0.05) is 21.7 Å². The fourth-order valence-corrected chi connectivity index (χ4v) is 3.96. The number of hydrogen-bond acceptors (Lipinski definition) is 5. The minimum absolute atomic E-state index is 0.102. The van der Waals surface area contributed by atoms with Gasteiger partial charge in [0.25, 0.3) is 5.56 Å². The molecule has 0 radical (unpaired) electrons. The van der Waals surface area contributed by atoms with Crippen molar-refractivity contribution in [1.29, 1.82) is 0 Å². The summed E-state index contributed by atoms with van der Waals surface area (Å²) >= 11 is 1.12. The van der Waals surface area contributed by atoms with Gasteiger partial charge in [-0.2, -0.15) is 8.42 Å². The summed E-state index contributed by atoms with van der Waals surface area (Å²) < 4.78 is 27.9. The predicted octanol–water partition coefficient (Wildman–Crippen LogP) is 2.31. The Hall–Kier alpha value is -1.44. The summed E-state index contributed by atoms with van der Waals surface area (Å²) in [6, 6.07) is 5.04. The first-order valence-electron chi connectivity index (χ1n) is 6.02. The van der Waals surface area contributed by atoms with Crippen LogP contribution in [-0.2, 0) is 20.7 Å². The molecule has 0 atom stereocenters. The highest BCUT2D eigenvalue weighted by Gasteiger charge is 2.17. The van der Waals surface area contributed by atoms with E-state index in [9.17, 15) is 13.2 Å². The fourth-order valence-electron chi connectivity index (χ4n) is 1.87. The molecule has 0 fully saturated rings. The van der Waals surface area contributed by atoms with E-state index < -0.39 is 10.1 Å². The number of aromatic nitrogens is 1. The standard InChI is InChI=1S/C13H15NO4S2/c1-4-9-7-10(8(2)14-13(9)15)11-5-6-12(19-11)20(16,17)18-3/h5-7H,4H2,1-3H3,(H,14,15). The topological polar surface area (TPSA) is 76.2 Å². The zero-order valence-corrected chi connectivity index (χ0v) is 13.0.